The zero-order chi connectivity index (χ0) is 13.4. The molecule has 1 aliphatic rings. The summed E-state index contributed by atoms with van der Waals surface area (Å²) in [6.45, 7) is 5.08. The molecule has 1 aliphatic heterocycles. The number of nitrogens with zero attached hydrogens (tertiary/aromatic N) is 1. The maximum absolute atomic E-state index is 5.91. The van der Waals surface area contributed by atoms with Crippen LogP contribution in [0.3, 0.4) is 0 Å². The first-order chi connectivity index (χ1) is 9.15. The van der Waals surface area contributed by atoms with Crippen molar-refractivity contribution >= 4 is 5.82 Å². The Morgan fingerprint density at radius 1 is 1.37 bits per heavy atom. The minimum absolute atomic E-state index is 0.500. The van der Waals surface area contributed by atoms with Crippen LogP contribution in [0.2, 0.25) is 0 Å². The van der Waals surface area contributed by atoms with Crippen molar-refractivity contribution in [2.24, 2.45) is 5.92 Å². The highest BCUT2D eigenvalue weighted by Crippen LogP contribution is 2.34. The quantitative estimate of drug-likeness (QED) is 0.919. The summed E-state index contributed by atoms with van der Waals surface area (Å²) in [6.07, 6.45) is 1.82. The highest BCUT2D eigenvalue weighted by Gasteiger charge is 2.19. The second kappa shape index (κ2) is 4.61. The van der Waals surface area contributed by atoms with E-state index in [0.29, 0.717) is 11.7 Å². The molecule has 1 aromatic heterocycles. The van der Waals surface area contributed by atoms with Gasteiger partial charge in [-0.2, -0.15) is 0 Å². The topological polar surface area (TPSA) is 61.3 Å². The molecule has 19 heavy (non-hydrogen) atoms. The fourth-order valence-electron chi connectivity index (χ4n) is 2.48. The van der Waals surface area contributed by atoms with E-state index in [1.807, 2.05) is 12.1 Å². The molecule has 2 aromatic rings. The molecule has 1 aromatic carbocycles. The van der Waals surface area contributed by atoms with Crippen LogP contribution in [0.4, 0.5) is 5.82 Å². The molecular formula is C15H18N2O2. The summed E-state index contributed by atoms with van der Waals surface area (Å²) < 4.78 is 10.9. The summed E-state index contributed by atoms with van der Waals surface area (Å²) in [5, 5.41) is 3.91. The van der Waals surface area contributed by atoms with Gasteiger partial charge in [0.1, 0.15) is 5.75 Å². The number of fused-ring (bicyclic) bond motifs is 1. The van der Waals surface area contributed by atoms with E-state index in [1.54, 1.807) is 0 Å². The van der Waals surface area contributed by atoms with Crippen molar-refractivity contribution in [2.45, 2.75) is 26.7 Å². The minimum Gasteiger partial charge on any atom is -0.493 e. The third-order valence-corrected chi connectivity index (χ3v) is 3.38. The molecule has 0 unspecified atom stereocenters. The van der Waals surface area contributed by atoms with Gasteiger partial charge in [0.25, 0.3) is 0 Å². The number of benzene rings is 1. The van der Waals surface area contributed by atoms with Crippen molar-refractivity contribution in [1.82, 2.24) is 5.16 Å². The van der Waals surface area contributed by atoms with Gasteiger partial charge >= 0.3 is 0 Å². The standard InChI is InChI=1S/C15H18N2O2/c1-9(2)7-12-14(19-17-15(12)16)11-3-4-13-10(8-11)5-6-18-13/h3-4,8-9H,5-7H2,1-2H3,(H2,16,17). The monoisotopic (exact) mass is 258 g/mol. The van der Waals surface area contributed by atoms with E-state index < -0.39 is 0 Å². The van der Waals surface area contributed by atoms with Gasteiger partial charge in [-0.25, -0.2) is 0 Å². The molecule has 3 rings (SSSR count). The zero-order valence-corrected chi connectivity index (χ0v) is 11.3. The summed E-state index contributed by atoms with van der Waals surface area (Å²) in [5.41, 5.74) is 9.18. The van der Waals surface area contributed by atoms with E-state index in [2.05, 4.69) is 25.1 Å². The van der Waals surface area contributed by atoms with E-state index >= 15 is 0 Å². The minimum atomic E-state index is 0.500. The number of ether oxygens (including phenoxy) is 1. The van der Waals surface area contributed by atoms with E-state index in [0.717, 1.165) is 42.1 Å². The van der Waals surface area contributed by atoms with E-state index in [4.69, 9.17) is 15.0 Å². The zero-order valence-electron chi connectivity index (χ0n) is 11.3. The Morgan fingerprint density at radius 2 is 2.21 bits per heavy atom. The Bertz CT molecular complexity index is 602. The third-order valence-electron chi connectivity index (χ3n) is 3.38. The van der Waals surface area contributed by atoms with Crippen LogP contribution in [0.15, 0.2) is 22.7 Å². The number of nitrogen functional groups attached to an aromatic ring is 1. The molecule has 0 atom stereocenters. The molecule has 0 saturated carbocycles. The van der Waals surface area contributed by atoms with Gasteiger partial charge in [-0.15, -0.1) is 0 Å². The Hall–Kier alpha value is -1.97. The largest absolute Gasteiger partial charge is 0.493 e. The van der Waals surface area contributed by atoms with Crippen molar-refractivity contribution in [3.8, 4) is 17.1 Å². The second-order valence-electron chi connectivity index (χ2n) is 5.39. The first kappa shape index (κ1) is 12.1. The lowest BCUT2D eigenvalue weighted by Crippen LogP contribution is -1.99. The van der Waals surface area contributed by atoms with Crippen LogP contribution in [0.5, 0.6) is 5.75 Å². The molecule has 0 fully saturated rings. The fraction of sp³-hybridized carbons (Fsp3) is 0.400. The number of hydrogen-bond donors (Lipinski definition) is 1. The van der Waals surface area contributed by atoms with Gasteiger partial charge in [0.15, 0.2) is 11.6 Å². The van der Waals surface area contributed by atoms with Crippen LogP contribution in [0.1, 0.15) is 25.0 Å². The van der Waals surface area contributed by atoms with Crippen LogP contribution in [0, 0.1) is 5.92 Å². The van der Waals surface area contributed by atoms with E-state index in [9.17, 15) is 0 Å². The lowest BCUT2D eigenvalue weighted by atomic mass is 9.98. The highest BCUT2D eigenvalue weighted by molar-refractivity contribution is 5.68. The van der Waals surface area contributed by atoms with Crippen molar-refractivity contribution in [1.29, 1.82) is 0 Å². The molecule has 0 radical (unpaired) electrons. The number of hydrogen-bond acceptors (Lipinski definition) is 4. The molecule has 0 bridgehead atoms. The maximum Gasteiger partial charge on any atom is 0.172 e. The summed E-state index contributed by atoms with van der Waals surface area (Å²) >= 11 is 0. The van der Waals surface area contributed by atoms with Crippen LogP contribution in [0.25, 0.3) is 11.3 Å². The van der Waals surface area contributed by atoms with Crippen molar-refractivity contribution < 1.29 is 9.26 Å². The average Bonchev–Trinajstić information content (AvgIpc) is 2.96. The Kier molecular flexibility index (Phi) is 2.93. The van der Waals surface area contributed by atoms with Crippen molar-refractivity contribution in [2.75, 3.05) is 12.3 Å². The molecule has 100 valence electrons. The van der Waals surface area contributed by atoms with E-state index in [1.165, 1.54) is 5.56 Å². The van der Waals surface area contributed by atoms with Gasteiger partial charge in [-0.05, 0) is 36.1 Å². The molecular weight excluding hydrogens is 240 g/mol. The molecule has 4 heteroatoms. The predicted octanol–water partition coefficient (Wildman–Crippen LogP) is 3.06. The van der Waals surface area contributed by atoms with Gasteiger partial charge in [0.05, 0.1) is 6.61 Å². The average molecular weight is 258 g/mol. The summed E-state index contributed by atoms with van der Waals surface area (Å²) in [6, 6.07) is 6.12. The first-order valence-electron chi connectivity index (χ1n) is 6.65. The number of anilines is 1. The van der Waals surface area contributed by atoms with Crippen LogP contribution < -0.4 is 10.5 Å². The Balaban J connectivity index is 2.02. The van der Waals surface area contributed by atoms with Gasteiger partial charge in [-0.1, -0.05) is 19.0 Å². The highest BCUT2D eigenvalue weighted by atomic mass is 16.5. The summed E-state index contributed by atoms with van der Waals surface area (Å²) in [4.78, 5) is 0. The van der Waals surface area contributed by atoms with Crippen LogP contribution >= 0.6 is 0 Å². The molecule has 2 heterocycles. The number of nitrogens with two attached hydrogens (primary N) is 1. The Morgan fingerprint density at radius 3 is 3.00 bits per heavy atom. The molecule has 0 spiro atoms. The lowest BCUT2D eigenvalue weighted by Gasteiger charge is -2.06. The normalized spacial score (nSPS) is 13.6. The van der Waals surface area contributed by atoms with Crippen molar-refractivity contribution in [3.63, 3.8) is 0 Å². The molecule has 0 saturated heterocycles. The molecule has 0 aliphatic carbocycles. The first-order valence-corrected chi connectivity index (χ1v) is 6.65. The summed E-state index contributed by atoms with van der Waals surface area (Å²) in [7, 11) is 0. The van der Waals surface area contributed by atoms with Gasteiger partial charge in [0.2, 0.25) is 0 Å². The van der Waals surface area contributed by atoms with Crippen LogP contribution in [-0.4, -0.2) is 11.8 Å². The van der Waals surface area contributed by atoms with Crippen LogP contribution in [-0.2, 0) is 12.8 Å². The van der Waals surface area contributed by atoms with Gasteiger partial charge in [-0.3, -0.25) is 0 Å². The summed E-state index contributed by atoms with van der Waals surface area (Å²) in [5.74, 6) is 2.78. The number of rotatable bonds is 3. The van der Waals surface area contributed by atoms with E-state index in [-0.39, 0.29) is 0 Å². The fourth-order valence-corrected chi connectivity index (χ4v) is 2.48. The number of aromatic nitrogens is 1. The molecule has 0 amide bonds. The lowest BCUT2D eigenvalue weighted by molar-refractivity contribution is 0.357. The van der Waals surface area contributed by atoms with Crippen molar-refractivity contribution in [3.05, 3.63) is 29.3 Å². The SMILES string of the molecule is CC(C)Cc1c(N)noc1-c1ccc2c(c1)CCO2. The third kappa shape index (κ3) is 2.18. The van der Waals surface area contributed by atoms with Gasteiger partial charge < -0.3 is 15.0 Å². The van der Waals surface area contributed by atoms with Gasteiger partial charge in [0, 0.05) is 17.5 Å². The predicted molar refractivity (Wildman–Crippen MR) is 74.1 cm³/mol. The Labute approximate surface area is 112 Å². The second-order valence-corrected chi connectivity index (χ2v) is 5.39. The smallest absolute Gasteiger partial charge is 0.172 e. The molecule has 2 N–H and O–H groups in total. The molecule has 4 nitrogen and oxygen atoms in total. The maximum atomic E-state index is 5.91.